The second-order valence-electron chi connectivity index (χ2n) is 7.31. The average Bonchev–Trinajstić information content (AvgIpc) is 2.99. The number of aromatic nitrogens is 2. The molecule has 0 aliphatic heterocycles. The van der Waals surface area contributed by atoms with Crippen molar-refractivity contribution < 1.29 is 19.1 Å². The number of hydrogen-bond donors (Lipinski definition) is 0. The van der Waals surface area contributed by atoms with Gasteiger partial charge >= 0.3 is 5.97 Å². The number of amides is 1. The van der Waals surface area contributed by atoms with Gasteiger partial charge in [-0.15, -0.1) is 0 Å². The fraction of sp³-hybridized carbons (Fsp3) is 0.722. The summed E-state index contributed by atoms with van der Waals surface area (Å²) >= 11 is 0. The van der Waals surface area contributed by atoms with Gasteiger partial charge in [-0.3, -0.25) is 9.48 Å². The third-order valence-corrected chi connectivity index (χ3v) is 3.92. The normalized spacial score (nSPS) is 13.0. The van der Waals surface area contributed by atoms with Crippen molar-refractivity contribution in [1.82, 2.24) is 14.7 Å². The maximum Gasteiger partial charge on any atom is 0.331 e. The molecular weight excluding hydrogens is 322 g/mol. The Balaban J connectivity index is 3.18. The molecule has 1 rings (SSSR count). The highest BCUT2D eigenvalue weighted by atomic mass is 16.5. The molecule has 7 nitrogen and oxygen atoms in total. The highest BCUT2D eigenvalue weighted by molar-refractivity contribution is 5.95. The van der Waals surface area contributed by atoms with E-state index >= 15 is 0 Å². The Morgan fingerprint density at radius 1 is 1.32 bits per heavy atom. The van der Waals surface area contributed by atoms with Crippen LogP contribution in [-0.2, 0) is 19.8 Å². The third-order valence-electron chi connectivity index (χ3n) is 3.92. The molecule has 0 fully saturated rings. The lowest BCUT2D eigenvalue weighted by Crippen LogP contribution is -2.46. The van der Waals surface area contributed by atoms with Crippen LogP contribution in [0.1, 0.15) is 63.6 Å². The molecule has 0 aliphatic rings. The lowest BCUT2D eigenvalue weighted by Gasteiger charge is -2.25. The summed E-state index contributed by atoms with van der Waals surface area (Å²) in [5, 5.41) is 4.50. The minimum Gasteiger partial charge on any atom is -0.467 e. The van der Waals surface area contributed by atoms with Crippen molar-refractivity contribution in [2.75, 3.05) is 27.4 Å². The number of nitrogens with zero attached hydrogens (tertiary/aromatic N) is 3. The van der Waals surface area contributed by atoms with Crippen molar-refractivity contribution in [1.29, 1.82) is 0 Å². The number of rotatable bonds is 7. The van der Waals surface area contributed by atoms with Crippen molar-refractivity contribution in [2.24, 2.45) is 0 Å². The summed E-state index contributed by atoms with van der Waals surface area (Å²) in [6.45, 7) is 12.6. The van der Waals surface area contributed by atoms with E-state index in [0.717, 1.165) is 5.69 Å². The SMILES string of the molecule is CCOCC(C(=O)OC)N(C)C(=O)c1cc(C(C)C)n(C(C)(C)C)n1. The van der Waals surface area contributed by atoms with E-state index in [0.29, 0.717) is 12.3 Å². The van der Waals surface area contributed by atoms with E-state index < -0.39 is 12.0 Å². The third kappa shape index (κ3) is 5.04. The van der Waals surface area contributed by atoms with E-state index in [1.54, 1.807) is 13.1 Å². The highest BCUT2D eigenvalue weighted by Crippen LogP contribution is 2.24. The van der Waals surface area contributed by atoms with Gasteiger partial charge < -0.3 is 14.4 Å². The predicted octanol–water partition coefficient (Wildman–Crippen LogP) is 2.41. The summed E-state index contributed by atoms with van der Waals surface area (Å²) in [5.41, 5.74) is 1.04. The van der Waals surface area contributed by atoms with Crippen LogP contribution in [0.2, 0.25) is 0 Å². The number of carbonyl (C=O) groups excluding carboxylic acids is 2. The van der Waals surface area contributed by atoms with E-state index in [-0.39, 0.29) is 24.0 Å². The van der Waals surface area contributed by atoms with Crippen LogP contribution >= 0.6 is 0 Å². The fourth-order valence-corrected chi connectivity index (χ4v) is 2.47. The van der Waals surface area contributed by atoms with E-state index in [1.807, 2.05) is 32.4 Å². The van der Waals surface area contributed by atoms with Gasteiger partial charge in [0, 0.05) is 19.3 Å². The standard InChI is InChI=1S/C18H31N3O4/c1-9-25-11-15(17(23)24-8)20(7)16(22)13-10-14(12(2)3)21(19-13)18(4,5)6/h10,12,15H,9,11H2,1-8H3. The van der Waals surface area contributed by atoms with Gasteiger partial charge in [-0.2, -0.15) is 5.10 Å². The zero-order valence-corrected chi connectivity index (χ0v) is 16.6. The summed E-state index contributed by atoms with van der Waals surface area (Å²) < 4.78 is 12.0. The Morgan fingerprint density at radius 3 is 2.32 bits per heavy atom. The topological polar surface area (TPSA) is 73.7 Å². The fourth-order valence-electron chi connectivity index (χ4n) is 2.47. The second-order valence-corrected chi connectivity index (χ2v) is 7.31. The molecule has 1 atom stereocenters. The first-order valence-electron chi connectivity index (χ1n) is 8.57. The van der Waals surface area contributed by atoms with Crippen LogP contribution in [0.25, 0.3) is 0 Å². The van der Waals surface area contributed by atoms with Crippen molar-refractivity contribution in [3.63, 3.8) is 0 Å². The maximum atomic E-state index is 12.9. The molecule has 142 valence electrons. The van der Waals surface area contributed by atoms with Gasteiger partial charge in [0.15, 0.2) is 11.7 Å². The Morgan fingerprint density at radius 2 is 1.92 bits per heavy atom. The predicted molar refractivity (Wildman–Crippen MR) is 95.7 cm³/mol. The monoisotopic (exact) mass is 353 g/mol. The first-order chi connectivity index (χ1) is 11.5. The van der Waals surface area contributed by atoms with E-state index in [2.05, 4.69) is 18.9 Å². The van der Waals surface area contributed by atoms with E-state index in [9.17, 15) is 9.59 Å². The van der Waals surface area contributed by atoms with Gasteiger partial charge in [-0.05, 0) is 39.7 Å². The molecule has 1 unspecified atom stereocenters. The zero-order valence-electron chi connectivity index (χ0n) is 16.6. The molecule has 0 saturated carbocycles. The van der Waals surface area contributed by atoms with Crippen LogP contribution < -0.4 is 0 Å². The molecule has 1 heterocycles. The summed E-state index contributed by atoms with van der Waals surface area (Å²) in [6, 6.07) is 0.990. The minimum atomic E-state index is -0.806. The first-order valence-corrected chi connectivity index (χ1v) is 8.57. The van der Waals surface area contributed by atoms with Crippen molar-refractivity contribution in [3.8, 4) is 0 Å². The van der Waals surface area contributed by atoms with Crippen LogP contribution in [0.5, 0.6) is 0 Å². The number of esters is 1. The summed E-state index contributed by atoms with van der Waals surface area (Å²) in [7, 11) is 2.86. The van der Waals surface area contributed by atoms with Crippen LogP contribution in [0.15, 0.2) is 6.07 Å². The highest BCUT2D eigenvalue weighted by Gasteiger charge is 2.31. The molecular formula is C18H31N3O4. The zero-order chi connectivity index (χ0) is 19.4. The first kappa shape index (κ1) is 21.2. The molecule has 0 N–H and O–H groups in total. The number of hydrogen-bond acceptors (Lipinski definition) is 5. The second kappa shape index (κ2) is 8.47. The van der Waals surface area contributed by atoms with Gasteiger partial charge in [0.25, 0.3) is 5.91 Å². The molecule has 1 aromatic heterocycles. The molecule has 0 radical (unpaired) electrons. The largest absolute Gasteiger partial charge is 0.467 e. The number of ether oxygens (including phenoxy) is 2. The summed E-state index contributed by atoms with van der Waals surface area (Å²) in [4.78, 5) is 26.2. The van der Waals surface area contributed by atoms with Crippen molar-refractivity contribution >= 4 is 11.9 Å². The van der Waals surface area contributed by atoms with E-state index in [1.165, 1.54) is 12.0 Å². The van der Waals surface area contributed by atoms with Gasteiger partial charge in [0.2, 0.25) is 0 Å². The molecule has 0 saturated heterocycles. The lowest BCUT2D eigenvalue weighted by molar-refractivity contribution is -0.147. The van der Waals surface area contributed by atoms with Crippen LogP contribution in [0, 0.1) is 0 Å². The van der Waals surface area contributed by atoms with Gasteiger partial charge in [0.05, 0.1) is 19.3 Å². The maximum absolute atomic E-state index is 12.9. The minimum absolute atomic E-state index is 0.0857. The van der Waals surface area contributed by atoms with Crippen LogP contribution in [0.4, 0.5) is 0 Å². The van der Waals surface area contributed by atoms with Crippen LogP contribution in [-0.4, -0.2) is 60.0 Å². The molecule has 1 aromatic rings. The quantitative estimate of drug-likeness (QED) is 0.704. The molecule has 7 heteroatoms. The van der Waals surface area contributed by atoms with Crippen LogP contribution in [0.3, 0.4) is 0 Å². The molecule has 25 heavy (non-hydrogen) atoms. The average molecular weight is 353 g/mol. The summed E-state index contributed by atoms with van der Waals surface area (Å²) in [6.07, 6.45) is 0. The molecule has 0 aromatic carbocycles. The van der Waals surface area contributed by atoms with Gasteiger partial charge in [-0.25, -0.2) is 4.79 Å². The Hall–Kier alpha value is -1.89. The molecule has 0 bridgehead atoms. The summed E-state index contributed by atoms with van der Waals surface area (Å²) in [5.74, 6) is -0.623. The Kier molecular flexibility index (Phi) is 7.17. The molecule has 0 spiro atoms. The Bertz CT molecular complexity index is 602. The number of methoxy groups -OCH3 is 1. The van der Waals surface area contributed by atoms with E-state index in [4.69, 9.17) is 9.47 Å². The van der Waals surface area contributed by atoms with Gasteiger partial charge in [0.1, 0.15) is 0 Å². The lowest BCUT2D eigenvalue weighted by atomic mass is 10.1. The smallest absolute Gasteiger partial charge is 0.331 e. The number of likely N-dealkylation sites (N-methyl/N-ethyl adjacent to an activating group) is 1. The molecule has 1 amide bonds. The molecule has 0 aliphatic carbocycles. The Labute approximate surface area is 150 Å². The van der Waals surface area contributed by atoms with Crippen molar-refractivity contribution in [2.45, 2.75) is 59.0 Å². The van der Waals surface area contributed by atoms with Crippen molar-refractivity contribution in [3.05, 3.63) is 17.5 Å². The number of carbonyl (C=O) groups is 2. The van der Waals surface area contributed by atoms with Gasteiger partial charge in [-0.1, -0.05) is 13.8 Å².